The van der Waals surface area contributed by atoms with Crippen molar-refractivity contribution in [3.63, 3.8) is 0 Å². The zero-order chi connectivity index (χ0) is 17.8. The van der Waals surface area contributed by atoms with Gasteiger partial charge in [0.05, 0.1) is 6.10 Å². The Morgan fingerprint density at radius 3 is 2.64 bits per heavy atom. The Hall–Kier alpha value is -2.73. The highest BCUT2D eigenvalue weighted by Gasteiger charge is 2.13. The third-order valence-electron chi connectivity index (χ3n) is 3.37. The second-order valence-corrected chi connectivity index (χ2v) is 6.76. The maximum absolute atomic E-state index is 12.3. The lowest BCUT2D eigenvalue weighted by molar-refractivity contribution is 0.102. The van der Waals surface area contributed by atoms with Gasteiger partial charge in [-0.25, -0.2) is 9.97 Å². The van der Waals surface area contributed by atoms with Gasteiger partial charge in [0.25, 0.3) is 5.91 Å². The number of rotatable bonds is 5. The first-order valence-corrected chi connectivity index (χ1v) is 8.86. The lowest BCUT2D eigenvalue weighted by Gasteiger charge is -2.09. The number of ether oxygens (including phenoxy) is 1. The van der Waals surface area contributed by atoms with E-state index in [1.165, 1.54) is 11.3 Å². The maximum atomic E-state index is 12.3. The van der Waals surface area contributed by atoms with Gasteiger partial charge in [0.15, 0.2) is 0 Å². The molecule has 2 aromatic heterocycles. The molecule has 2 heterocycles. The molecule has 0 aliphatic heterocycles. The number of anilines is 1. The SMILES string of the molecule is Cc1ccnc(NC(=O)c2csc(-c3ccc(OC(C)C)cc3)n2)c1. The predicted octanol–water partition coefficient (Wildman–Crippen LogP) is 4.55. The average molecular weight is 353 g/mol. The van der Waals surface area contributed by atoms with Crippen LogP contribution in [-0.2, 0) is 0 Å². The molecular formula is C19H19N3O2S. The molecule has 0 radical (unpaired) electrons. The summed E-state index contributed by atoms with van der Waals surface area (Å²) < 4.78 is 5.64. The first-order valence-electron chi connectivity index (χ1n) is 7.98. The minimum Gasteiger partial charge on any atom is -0.491 e. The fourth-order valence-corrected chi connectivity index (χ4v) is 3.05. The van der Waals surface area contributed by atoms with Crippen LogP contribution in [0.3, 0.4) is 0 Å². The molecule has 0 saturated heterocycles. The maximum Gasteiger partial charge on any atom is 0.276 e. The van der Waals surface area contributed by atoms with Gasteiger partial charge in [-0.1, -0.05) is 0 Å². The van der Waals surface area contributed by atoms with Crippen molar-refractivity contribution in [2.45, 2.75) is 26.9 Å². The summed E-state index contributed by atoms with van der Waals surface area (Å²) in [7, 11) is 0. The number of pyridine rings is 1. The van der Waals surface area contributed by atoms with Gasteiger partial charge in [0.2, 0.25) is 0 Å². The molecule has 6 heteroatoms. The summed E-state index contributed by atoms with van der Waals surface area (Å²) in [5.41, 5.74) is 2.37. The highest BCUT2D eigenvalue weighted by atomic mass is 32.1. The Labute approximate surface area is 150 Å². The van der Waals surface area contributed by atoms with Crippen LogP contribution in [-0.4, -0.2) is 22.0 Å². The second kappa shape index (κ2) is 7.44. The van der Waals surface area contributed by atoms with E-state index in [4.69, 9.17) is 4.74 Å². The van der Waals surface area contributed by atoms with E-state index in [0.717, 1.165) is 21.9 Å². The molecule has 0 saturated carbocycles. The van der Waals surface area contributed by atoms with Crippen LogP contribution in [0.5, 0.6) is 5.75 Å². The summed E-state index contributed by atoms with van der Waals surface area (Å²) >= 11 is 1.43. The number of nitrogens with one attached hydrogen (secondary N) is 1. The minimum absolute atomic E-state index is 0.135. The normalized spacial score (nSPS) is 10.7. The topological polar surface area (TPSA) is 64.1 Å². The molecule has 128 valence electrons. The van der Waals surface area contributed by atoms with Crippen LogP contribution in [0.25, 0.3) is 10.6 Å². The largest absolute Gasteiger partial charge is 0.491 e. The molecule has 1 amide bonds. The zero-order valence-electron chi connectivity index (χ0n) is 14.3. The summed E-state index contributed by atoms with van der Waals surface area (Å²) in [5.74, 6) is 1.08. The zero-order valence-corrected chi connectivity index (χ0v) is 15.1. The molecule has 25 heavy (non-hydrogen) atoms. The smallest absolute Gasteiger partial charge is 0.276 e. The van der Waals surface area contributed by atoms with Crippen molar-refractivity contribution in [1.29, 1.82) is 0 Å². The van der Waals surface area contributed by atoms with E-state index in [9.17, 15) is 4.79 Å². The van der Waals surface area contributed by atoms with E-state index < -0.39 is 0 Å². The van der Waals surface area contributed by atoms with E-state index in [-0.39, 0.29) is 12.0 Å². The monoisotopic (exact) mass is 353 g/mol. The van der Waals surface area contributed by atoms with Crippen LogP contribution in [0.1, 0.15) is 29.9 Å². The van der Waals surface area contributed by atoms with Gasteiger partial charge in [-0.3, -0.25) is 4.79 Å². The Morgan fingerprint density at radius 1 is 1.20 bits per heavy atom. The molecule has 0 spiro atoms. The Kier molecular flexibility index (Phi) is 5.09. The number of amides is 1. The van der Waals surface area contributed by atoms with Crippen LogP contribution in [0.15, 0.2) is 48.0 Å². The summed E-state index contributed by atoms with van der Waals surface area (Å²) in [5, 5.41) is 5.31. The minimum atomic E-state index is -0.264. The van der Waals surface area contributed by atoms with E-state index in [2.05, 4.69) is 15.3 Å². The van der Waals surface area contributed by atoms with Crippen molar-refractivity contribution in [2.24, 2.45) is 0 Å². The molecule has 0 atom stereocenters. The predicted molar refractivity (Wildman–Crippen MR) is 100 cm³/mol. The van der Waals surface area contributed by atoms with Gasteiger partial charge in [-0.2, -0.15) is 0 Å². The van der Waals surface area contributed by atoms with Crippen LogP contribution >= 0.6 is 11.3 Å². The summed E-state index contributed by atoms with van der Waals surface area (Å²) in [6, 6.07) is 11.4. The third kappa shape index (κ3) is 4.42. The van der Waals surface area contributed by atoms with Crippen molar-refractivity contribution >= 4 is 23.1 Å². The molecule has 0 aliphatic carbocycles. The number of hydrogen-bond donors (Lipinski definition) is 1. The number of nitrogens with zero attached hydrogens (tertiary/aromatic N) is 2. The van der Waals surface area contributed by atoms with Crippen molar-refractivity contribution < 1.29 is 9.53 Å². The van der Waals surface area contributed by atoms with E-state index in [1.54, 1.807) is 11.6 Å². The first-order chi connectivity index (χ1) is 12.0. The molecule has 0 fully saturated rings. The number of benzene rings is 1. The quantitative estimate of drug-likeness (QED) is 0.731. The average Bonchev–Trinajstić information content (AvgIpc) is 3.05. The highest BCUT2D eigenvalue weighted by molar-refractivity contribution is 7.13. The fraction of sp³-hybridized carbons (Fsp3) is 0.211. The van der Waals surface area contributed by atoms with Gasteiger partial charge < -0.3 is 10.1 Å². The molecular weight excluding hydrogens is 334 g/mol. The van der Waals surface area contributed by atoms with Gasteiger partial charge in [0.1, 0.15) is 22.3 Å². The van der Waals surface area contributed by atoms with E-state index in [0.29, 0.717) is 11.5 Å². The van der Waals surface area contributed by atoms with Gasteiger partial charge in [0, 0.05) is 17.1 Å². The number of aryl methyl sites for hydroxylation is 1. The number of thiazole rings is 1. The molecule has 0 aliphatic rings. The van der Waals surface area contributed by atoms with Crippen LogP contribution in [0.4, 0.5) is 5.82 Å². The molecule has 1 N–H and O–H groups in total. The van der Waals surface area contributed by atoms with Crippen molar-refractivity contribution in [2.75, 3.05) is 5.32 Å². The Morgan fingerprint density at radius 2 is 1.96 bits per heavy atom. The van der Waals surface area contributed by atoms with Crippen molar-refractivity contribution in [3.8, 4) is 16.3 Å². The summed E-state index contributed by atoms with van der Waals surface area (Å²) in [6.45, 7) is 5.93. The fourth-order valence-electron chi connectivity index (χ4n) is 2.24. The van der Waals surface area contributed by atoms with Crippen molar-refractivity contribution in [1.82, 2.24) is 9.97 Å². The number of aromatic nitrogens is 2. The molecule has 5 nitrogen and oxygen atoms in total. The number of hydrogen-bond acceptors (Lipinski definition) is 5. The lowest BCUT2D eigenvalue weighted by Crippen LogP contribution is -2.13. The Balaban J connectivity index is 1.72. The third-order valence-corrected chi connectivity index (χ3v) is 4.26. The second-order valence-electron chi connectivity index (χ2n) is 5.90. The van der Waals surface area contributed by atoms with E-state index in [1.807, 2.05) is 57.2 Å². The highest BCUT2D eigenvalue weighted by Crippen LogP contribution is 2.26. The molecule has 3 aromatic rings. The van der Waals surface area contributed by atoms with Crippen LogP contribution in [0, 0.1) is 6.92 Å². The van der Waals surface area contributed by atoms with E-state index >= 15 is 0 Å². The van der Waals surface area contributed by atoms with Crippen molar-refractivity contribution in [3.05, 3.63) is 59.2 Å². The number of carbonyl (C=O) groups is 1. The van der Waals surface area contributed by atoms with Gasteiger partial charge >= 0.3 is 0 Å². The van der Waals surface area contributed by atoms with Gasteiger partial charge in [-0.05, 0) is 62.7 Å². The Bertz CT molecular complexity index is 872. The first kappa shape index (κ1) is 17.1. The summed E-state index contributed by atoms with van der Waals surface area (Å²) in [4.78, 5) is 20.9. The summed E-state index contributed by atoms with van der Waals surface area (Å²) in [6.07, 6.45) is 1.80. The van der Waals surface area contributed by atoms with Gasteiger partial charge in [-0.15, -0.1) is 11.3 Å². The lowest BCUT2D eigenvalue weighted by atomic mass is 10.2. The molecule has 0 bridgehead atoms. The van der Waals surface area contributed by atoms with Crippen LogP contribution < -0.4 is 10.1 Å². The standard InChI is InChI=1S/C19H19N3O2S/c1-12(2)24-15-6-4-14(5-7-15)19-21-16(11-25-19)18(23)22-17-10-13(3)8-9-20-17/h4-12H,1-3H3,(H,20,22,23). The van der Waals surface area contributed by atoms with Crippen LogP contribution in [0.2, 0.25) is 0 Å². The molecule has 1 aromatic carbocycles. The molecule has 0 unspecified atom stereocenters. The molecule has 3 rings (SSSR count). The number of carbonyl (C=O) groups excluding carboxylic acids is 1.